The molecule has 0 saturated carbocycles. The van der Waals surface area contributed by atoms with Crippen LogP contribution in [0.5, 0.6) is 0 Å². The number of nitrogens with zero attached hydrogens (tertiary/aromatic N) is 2. The summed E-state index contributed by atoms with van der Waals surface area (Å²) in [5.41, 5.74) is 1.41. The van der Waals surface area contributed by atoms with Crippen LogP contribution in [0.4, 0.5) is 5.69 Å². The van der Waals surface area contributed by atoms with Crippen LogP contribution < -0.4 is 4.90 Å². The van der Waals surface area contributed by atoms with E-state index < -0.39 is 0 Å². The van der Waals surface area contributed by atoms with Crippen molar-refractivity contribution in [2.45, 2.75) is 31.7 Å². The van der Waals surface area contributed by atoms with E-state index in [-0.39, 0.29) is 0 Å². The fourth-order valence-corrected chi connectivity index (χ4v) is 3.25. The molecule has 2 heteroatoms. The van der Waals surface area contributed by atoms with Crippen molar-refractivity contribution in [1.82, 2.24) is 4.90 Å². The highest BCUT2D eigenvalue weighted by Gasteiger charge is 2.27. The molecule has 1 aromatic rings. The lowest BCUT2D eigenvalue weighted by Gasteiger charge is -2.30. The zero-order chi connectivity index (χ0) is 11.5. The molecule has 92 valence electrons. The minimum Gasteiger partial charge on any atom is -0.367 e. The smallest absolute Gasteiger partial charge is 0.0417 e. The van der Waals surface area contributed by atoms with Crippen LogP contribution in [0.1, 0.15) is 25.7 Å². The molecule has 0 spiro atoms. The zero-order valence-corrected chi connectivity index (χ0v) is 10.5. The van der Waals surface area contributed by atoms with Gasteiger partial charge in [-0.3, -0.25) is 0 Å². The first-order chi connectivity index (χ1) is 8.43. The van der Waals surface area contributed by atoms with Crippen molar-refractivity contribution < 1.29 is 0 Å². The van der Waals surface area contributed by atoms with Gasteiger partial charge in [-0.2, -0.15) is 0 Å². The fraction of sp³-hybridized carbons (Fsp3) is 0.600. The van der Waals surface area contributed by atoms with E-state index in [1.807, 2.05) is 0 Å². The van der Waals surface area contributed by atoms with Gasteiger partial charge in [0.15, 0.2) is 0 Å². The number of para-hydroxylation sites is 1. The maximum Gasteiger partial charge on any atom is 0.0417 e. The van der Waals surface area contributed by atoms with E-state index in [9.17, 15) is 0 Å². The van der Waals surface area contributed by atoms with Gasteiger partial charge in [-0.15, -0.1) is 0 Å². The lowest BCUT2D eigenvalue weighted by molar-refractivity contribution is 0.314. The van der Waals surface area contributed by atoms with Gasteiger partial charge in [0.25, 0.3) is 0 Å². The number of likely N-dealkylation sites (tertiary alicyclic amines) is 1. The second-order valence-electron chi connectivity index (χ2n) is 5.33. The van der Waals surface area contributed by atoms with Gasteiger partial charge in [-0.25, -0.2) is 0 Å². The monoisotopic (exact) mass is 230 g/mol. The molecule has 0 aliphatic carbocycles. The normalized spacial score (nSPS) is 25.6. The van der Waals surface area contributed by atoms with Crippen LogP contribution in [0.25, 0.3) is 0 Å². The molecule has 3 rings (SSSR count). The summed E-state index contributed by atoms with van der Waals surface area (Å²) in [6.45, 7) is 5.15. The lowest BCUT2D eigenvalue weighted by atomic mass is 10.2. The predicted octanol–water partition coefficient (Wildman–Crippen LogP) is 2.75. The molecule has 0 aromatic heterocycles. The van der Waals surface area contributed by atoms with Crippen LogP contribution in [-0.4, -0.2) is 37.1 Å². The summed E-state index contributed by atoms with van der Waals surface area (Å²) >= 11 is 0. The van der Waals surface area contributed by atoms with Crippen LogP contribution in [0.3, 0.4) is 0 Å². The Morgan fingerprint density at radius 1 is 0.941 bits per heavy atom. The summed E-state index contributed by atoms with van der Waals surface area (Å²) in [5.74, 6) is 0. The third-order valence-corrected chi connectivity index (χ3v) is 4.13. The van der Waals surface area contributed by atoms with Crippen molar-refractivity contribution >= 4 is 5.69 Å². The maximum atomic E-state index is 2.64. The molecule has 0 amide bonds. The number of anilines is 1. The van der Waals surface area contributed by atoms with Crippen LogP contribution in [0.2, 0.25) is 0 Å². The standard InChI is InChI=1S/C15H22N2/c1-2-7-14(8-3-1)17-12-6-9-15(17)13-16-10-4-5-11-16/h1-3,7-8,15H,4-6,9-13H2. The first-order valence-electron chi connectivity index (χ1n) is 6.97. The second-order valence-corrected chi connectivity index (χ2v) is 5.33. The molecular weight excluding hydrogens is 208 g/mol. The van der Waals surface area contributed by atoms with E-state index in [0.717, 1.165) is 6.04 Å². The van der Waals surface area contributed by atoms with Gasteiger partial charge in [0, 0.05) is 24.8 Å². The molecule has 1 atom stereocenters. The summed E-state index contributed by atoms with van der Waals surface area (Å²) in [6.07, 6.45) is 5.52. The number of hydrogen-bond acceptors (Lipinski definition) is 2. The average Bonchev–Trinajstić information content (AvgIpc) is 3.02. The summed E-state index contributed by atoms with van der Waals surface area (Å²) < 4.78 is 0. The molecule has 1 unspecified atom stereocenters. The molecule has 1 aromatic carbocycles. The molecule has 2 saturated heterocycles. The van der Waals surface area contributed by atoms with Gasteiger partial charge in [0.1, 0.15) is 0 Å². The molecule has 2 nitrogen and oxygen atoms in total. The second kappa shape index (κ2) is 5.09. The largest absolute Gasteiger partial charge is 0.367 e. The first kappa shape index (κ1) is 11.1. The molecular formula is C15H22N2. The molecule has 0 bridgehead atoms. The van der Waals surface area contributed by atoms with Crippen molar-refractivity contribution in [1.29, 1.82) is 0 Å². The Bertz CT molecular complexity index is 343. The third-order valence-electron chi connectivity index (χ3n) is 4.13. The highest BCUT2D eigenvalue weighted by molar-refractivity contribution is 5.48. The van der Waals surface area contributed by atoms with Crippen molar-refractivity contribution in [2.75, 3.05) is 31.1 Å². The maximum absolute atomic E-state index is 2.64. The molecule has 2 aliphatic rings. The van der Waals surface area contributed by atoms with E-state index in [0.29, 0.717) is 0 Å². The summed E-state index contributed by atoms with van der Waals surface area (Å²) in [7, 11) is 0. The van der Waals surface area contributed by atoms with Crippen LogP contribution in [0, 0.1) is 0 Å². The van der Waals surface area contributed by atoms with Gasteiger partial charge >= 0.3 is 0 Å². The van der Waals surface area contributed by atoms with Crippen molar-refractivity contribution in [3.05, 3.63) is 30.3 Å². The van der Waals surface area contributed by atoms with E-state index in [4.69, 9.17) is 0 Å². The predicted molar refractivity (Wildman–Crippen MR) is 72.5 cm³/mol. The molecule has 0 N–H and O–H groups in total. The highest BCUT2D eigenvalue weighted by atomic mass is 15.2. The van der Waals surface area contributed by atoms with Gasteiger partial charge in [0.2, 0.25) is 0 Å². The number of hydrogen-bond donors (Lipinski definition) is 0. The third kappa shape index (κ3) is 2.47. The molecule has 2 aliphatic heterocycles. The van der Waals surface area contributed by atoms with E-state index in [1.165, 1.54) is 57.5 Å². The Balaban J connectivity index is 1.67. The number of benzene rings is 1. The summed E-state index contributed by atoms with van der Waals surface area (Å²) in [6, 6.07) is 11.7. The Morgan fingerprint density at radius 2 is 1.71 bits per heavy atom. The van der Waals surface area contributed by atoms with E-state index in [2.05, 4.69) is 40.1 Å². The van der Waals surface area contributed by atoms with Crippen molar-refractivity contribution in [3.8, 4) is 0 Å². The van der Waals surface area contributed by atoms with E-state index in [1.54, 1.807) is 0 Å². The quantitative estimate of drug-likeness (QED) is 0.788. The molecule has 2 fully saturated rings. The SMILES string of the molecule is c1ccc(N2CCCC2CN2CCCC2)cc1. The minimum absolute atomic E-state index is 0.746. The first-order valence-corrected chi connectivity index (χ1v) is 6.97. The zero-order valence-electron chi connectivity index (χ0n) is 10.5. The van der Waals surface area contributed by atoms with Gasteiger partial charge < -0.3 is 9.80 Å². The van der Waals surface area contributed by atoms with Gasteiger partial charge in [0.05, 0.1) is 0 Å². The van der Waals surface area contributed by atoms with Gasteiger partial charge in [-0.1, -0.05) is 18.2 Å². The minimum atomic E-state index is 0.746. The van der Waals surface area contributed by atoms with Crippen molar-refractivity contribution in [2.24, 2.45) is 0 Å². The molecule has 2 heterocycles. The Labute approximate surface area is 104 Å². The van der Waals surface area contributed by atoms with E-state index >= 15 is 0 Å². The fourth-order valence-electron chi connectivity index (χ4n) is 3.25. The lowest BCUT2D eigenvalue weighted by Crippen LogP contribution is -2.39. The highest BCUT2D eigenvalue weighted by Crippen LogP contribution is 2.26. The Hall–Kier alpha value is -1.02. The van der Waals surface area contributed by atoms with Crippen LogP contribution >= 0.6 is 0 Å². The van der Waals surface area contributed by atoms with Crippen LogP contribution in [0.15, 0.2) is 30.3 Å². The number of rotatable bonds is 3. The average molecular weight is 230 g/mol. The Kier molecular flexibility index (Phi) is 3.32. The van der Waals surface area contributed by atoms with Crippen LogP contribution in [-0.2, 0) is 0 Å². The topological polar surface area (TPSA) is 6.48 Å². The molecule has 17 heavy (non-hydrogen) atoms. The Morgan fingerprint density at radius 3 is 2.47 bits per heavy atom. The van der Waals surface area contributed by atoms with Crippen molar-refractivity contribution in [3.63, 3.8) is 0 Å². The summed E-state index contributed by atoms with van der Waals surface area (Å²) in [5, 5.41) is 0. The summed E-state index contributed by atoms with van der Waals surface area (Å²) in [4.78, 5) is 5.25. The molecule has 0 radical (unpaired) electrons. The van der Waals surface area contributed by atoms with Gasteiger partial charge in [-0.05, 0) is 50.9 Å².